The van der Waals surface area contributed by atoms with Gasteiger partial charge in [-0.25, -0.2) is 11.4 Å². The van der Waals surface area contributed by atoms with Crippen molar-refractivity contribution >= 4 is 24.2 Å². The van der Waals surface area contributed by atoms with Crippen LogP contribution in [0.1, 0.15) is 65.7 Å². The number of nitrogens with two attached hydrogens (primary N) is 2. The zero-order valence-electron chi connectivity index (χ0n) is 20.2. The molecular weight excluding hydrogens is 428 g/mol. The molecule has 11 nitrogen and oxygen atoms in total. The molecule has 1 saturated carbocycles. The third-order valence-corrected chi connectivity index (χ3v) is 6.11. The quantitative estimate of drug-likeness (QED) is 0.0721. The van der Waals surface area contributed by atoms with Crippen molar-refractivity contribution < 1.29 is 23.9 Å². The Morgan fingerprint density at radius 1 is 1.24 bits per heavy atom. The van der Waals surface area contributed by atoms with E-state index in [9.17, 15) is 14.4 Å². The minimum absolute atomic E-state index is 0.0952. The average Bonchev–Trinajstić information content (AvgIpc) is 2.78. The van der Waals surface area contributed by atoms with E-state index in [4.69, 9.17) is 16.3 Å². The summed E-state index contributed by atoms with van der Waals surface area (Å²) in [5, 5.41) is 9.88. The molecule has 0 bridgehead atoms. The van der Waals surface area contributed by atoms with E-state index in [-0.39, 0.29) is 24.3 Å². The highest BCUT2D eigenvalue weighted by Crippen LogP contribution is 2.40. The van der Waals surface area contributed by atoms with Crippen molar-refractivity contribution in [2.45, 2.75) is 77.9 Å². The second-order valence-electron chi connectivity index (χ2n) is 8.62. The third kappa shape index (κ3) is 11.3. The van der Waals surface area contributed by atoms with Crippen molar-refractivity contribution in [2.24, 2.45) is 34.4 Å². The minimum Gasteiger partial charge on any atom is -0.468 e. The highest BCUT2D eigenvalue weighted by molar-refractivity contribution is 5.80. The summed E-state index contributed by atoms with van der Waals surface area (Å²) in [7, 11) is 0. The summed E-state index contributed by atoms with van der Waals surface area (Å²) in [6.07, 6.45) is 5.75. The first-order valence-corrected chi connectivity index (χ1v) is 11.9. The number of amides is 1. The van der Waals surface area contributed by atoms with Crippen LogP contribution in [0.25, 0.3) is 0 Å². The number of hydrazone groups is 1. The summed E-state index contributed by atoms with van der Waals surface area (Å²) in [5.41, 5.74) is 8.03. The van der Waals surface area contributed by atoms with Gasteiger partial charge in [0.15, 0.2) is 0 Å². The van der Waals surface area contributed by atoms with E-state index in [1.807, 2.05) is 6.92 Å². The van der Waals surface area contributed by atoms with Crippen LogP contribution < -0.4 is 27.7 Å². The Labute approximate surface area is 196 Å². The molecular formula is C22H42N6O5. The van der Waals surface area contributed by atoms with Crippen LogP contribution in [-0.4, -0.2) is 56.0 Å². The van der Waals surface area contributed by atoms with Crippen LogP contribution in [0.2, 0.25) is 0 Å². The van der Waals surface area contributed by atoms with Gasteiger partial charge in [-0.3, -0.25) is 14.4 Å². The maximum absolute atomic E-state index is 12.5. The Bertz CT molecular complexity index is 632. The highest BCUT2D eigenvalue weighted by Gasteiger charge is 2.38. The number of nitrogens with zero attached hydrogens (tertiary/aromatic N) is 1. The second-order valence-corrected chi connectivity index (χ2v) is 8.62. The smallest absolute Gasteiger partial charge is 0.323 e. The van der Waals surface area contributed by atoms with E-state index in [2.05, 4.69) is 26.0 Å². The maximum atomic E-state index is 12.5. The molecule has 5 atom stereocenters. The zero-order chi connectivity index (χ0) is 24.6. The summed E-state index contributed by atoms with van der Waals surface area (Å²) >= 11 is 0. The van der Waals surface area contributed by atoms with Gasteiger partial charge in [0.25, 0.3) is 6.47 Å². The first-order chi connectivity index (χ1) is 15.8. The van der Waals surface area contributed by atoms with Crippen molar-refractivity contribution in [3.05, 3.63) is 0 Å². The van der Waals surface area contributed by atoms with Crippen LogP contribution in [0, 0.1) is 17.8 Å². The summed E-state index contributed by atoms with van der Waals surface area (Å²) in [6, 6.07) is -0.287. The van der Waals surface area contributed by atoms with Crippen LogP contribution in [0.3, 0.4) is 0 Å². The normalized spacial score (nSPS) is 25.4. The number of carbonyl (C=O) groups excluding carboxylic acids is 3. The van der Waals surface area contributed by atoms with Crippen LogP contribution in [-0.2, 0) is 23.9 Å². The van der Waals surface area contributed by atoms with Gasteiger partial charge in [-0.2, -0.15) is 5.10 Å². The first kappa shape index (κ1) is 28.6. The lowest BCUT2D eigenvalue weighted by Crippen LogP contribution is -2.50. The molecule has 11 heteroatoms. The molecule has 0 radical (unpaired) electrons. The van der Waals surface area contributed by atoms with E-state index in [1.165, 1.54) is 12.8 Å². The van der Waals surface area contributed by atoms with E-state index in [0.29, 0.717) is 43.2 Å². The Hall–Kier alpha value is -2.40. The molecule has 0 aromatic heterocycles. The second kappa shape index (κ2) is 16.2. The highest BCUT2D eigenvalue weighted by atomic mass is 16.5. The molecule has 0 spiro atoms. The molecule has 2 aliphatic rings. The number of piperidine rings is 1. The number of hydrazine groups is 1. The summed E-state index contributed by atoms with van der Waals surface area (Å²) < 4.78 is 9.66. The number of nitrogens with one attached hydrogen (secondary N) is 3. The van der Waals surface area contributed by atoms with Crippen LogP contribution in [0.15, 0.2) is 5.10 Å². The van der Waals surface area contributed by atoms with Crippen LogP contribution in [0.4, 0.5) is 0 Å². The Morgan fingerprint density at radius 3 is 2.61 bits per heavy atom. The number of carbonyl (C=O) groups is 3. The fourth-order valence-corrected chi connectivity index (χ4v) is 4.51. The fraction of sp³-hybridized carbons (Fsp3) is 0.818. The van der Waals surface area contributed by atoms with Gasteiger partial charge in [0, 0.05) is 13.0 Å². The van der Waals surface area contributed by atoms with Gasteiger partial charge in [-0.15, -0.1) is 0 Å². The van der Waals surface area contributed by atoms with Gasteiger partial charge in [0.2, 0.25) is 5.91 Å². The molecule has 0 aromatic rings. The first-order valence-electron chi connectivity index (χ1n) is 11.9. The molecule has 2 fully saturated rings. The molecule has 5 unspecified atom stereocenters. The zero-order valence-corrected chi connectivity index (χ0v) is 20.2. The Kier molecular flexibility index (Phi) is 14.1. The van der Waals surface area contributed by atoms with Gasteiger partial charge in [-0.1, -0.05) is 6.42 Å². The number of fused-ring (bicyclic) bond motifs is 1. The molecule has 190 valence electrons. The molecule has 1 aliphatic carbocycles. The number of hydrogen-bond acceptors (Lipinski definition) is 9. The maximum Gasteiger partial charge on any atom is 0.323 e. The van der Waals surface area contributed by atoms with Gasteiger partial charge in [0.05, 0.1) is 13.0 Å². The Balaban J connectivity index is 0.000000981. The monoisotopic (exact) mass is 470 g/mol. The molecule has 1 amide bonds. The summed E-state index contributed by atoms with van der Waals surface area (Å²) in [6.45, 7) is 7.72. The molecule has 0 aromatic carbocycles. The van der Waals surface area contributed by atoms with Crippen LogP contribution in [0.5, 0.6) is 0 Å². The number of esters is 1. The number of ether oxygens (including phenoxy) is 2. The molecule has 7 N–H and O–H groups in total. The average molecular weight is 471 g/mol. The fourth-order valence-electron chi connectivity index (χ4n) is 4.51. The van der Waals surface area contributed by atoms with Crippen molar-refractivity contribution in [1.29, 1.82) is 0 Å². The predicted molar refractivity (Wildman–Crippen MR) is 125 cm³/mol. The van der Waals surface area contributed by atoms with E-state index in [0.717, 1.165) is 32.2 Å². The molecule has 1 heterocycles. The number of rotatable bonds is 11. The standard InChI is InChI=1S/C19H36N6O3.C3H6O2/c1-3-22-18(26)8-12(2)28-19(27)16-10-15-9-13(4-6-14(15)11-23-16)5-7-17(20)24-25-21;1-2-5-3-4/h12-16,23,25H,3-11,21H2,1-2H3,(H2,20,24)(H,22,26);3H,2H2,1H3. The lowest BCUT2D eigenvalue weighted by Gasteiger charge is -2.42. The van der Waals surface area contributed by atoms with Crippen molar-refractivity contribution in [3.63, 3.8) is 0 Å². The van der Waals surface area contributed by atoms with E-state index >= 15 is 0 Å². The largest absolute Gasteiger partial charge is 0.468 e. The van der Waals surface area contributed by atoms with Gasteiger partial charge in [0.1, 0.15) is 18.0 Å². The third-order valence-electron chi connectivity index (χ3n) is 6.11. The predicted octanol–water partition coefficient (Wildman–Crippen LogP) is 0.534. The van der Waals surface area contributed by atoms with Gasteiger partial charge in [-0.05, 0) is 70.8 Å². The number of amidine groups is 1. The van der Waals surface area contributed by atoms with E-state index < -0.39 is 6.10 Å². The lowest BCUT2D eigenvalue weighted by molar-refractivity contribution is -0.153. The van der Waals surface area contributed by atoms with Crippen LogP contribution >= 0.6 is 0 Å². The molecule has 1 aliphatic heterocycles. The van der Waals surface area contributed by atoms with Gasteiger partial charge < -0.3 is 25.8 Å². The molecule has 2 rings (SSSR count). The summed E-state index contributed by atoms with van der Waals surface area (Å²) in [4.78, 5) is 33.3. The molecule has 1 saturated heterocycles. The van der Waals surface area contributed by atoms with Crippen molar-refractivity contribution in [3.8, 4) is 0 Å². The summed E-state index contributed by atoms with van der Waals surface area (Å²) in [5.74, 6) is 7.07. The van der Waals surface area contributed by atoms with E-state index in [1.54, 1.807) is 13.8 Å². The van der Waals surface area contributed by atoms with Crippen molar-refractivity contribution in [1.82, 2.24) is 16.2 Å². The van der Waals surface area contributed by atoms with Crippen molar-refractivity contribution in [2.75, 3.05) is 19.7 Å². The van der Waals surface area contributed by atoms with Gasteiger partial charge >= 0.3 is 5.97 Å². The molecule has 33 heavy (non-hydrogen) atoms. The lowest BCUT2D eigenvalue weighted by atomic mass is 9.69. The topological polar surface area (TPSA) is 170 Å². The SMILES string of the molecule is CCNC(=O)CC(C)OC(=O)C1CC2CC(CC/C(N)=N/NN)CCC2CN1.CCOC=O. The minimum atomic E-state index is -0.420. The Morgan fingerprint density at radius 2 is 2.00 bits per heavy atom. The number of hydrogen-bond donors (Lipinski definition) is 5.